The Morgan fingerprint density at radius 1 is 1.43 bits per heavy atom. The van der Waals surface area contributed by atoms with Crippen LogP contribution in [0.3, 0.4) is 0 Å². The van der Waals surface area contributed by atoms with Crippen molar-refractivity contribution in [3.63, 3.8) is 0 Å². The third-order valence-corrected chi connectivity index (χ3v) is 0. The molecule has 40 valence electrons. The van der Waals surface area contributed by atoms with Crippen molar-refractivity contribution in [2.45, 2.75) is 0 Å². The van der Waals surface area contributed by atoms with Gasteiger partial charge in [0.25, 0.3) is 0 Å². The number of hydrogen-bond acceptors (Lipinski definition) is 4. The molecular weight excluding hydrogens is 231 g/mol. The van der Waals surface area contributed by atoms with Crippen molar-refractivity contribution in [2.24, 2.45) is 0 Å². The standard InChI is InChI=1S/CH2O3.La.2H2O/c2-1(3)4;;;/h(H2,2,3,4);;2*1H2/q;+3;;/p-3. The average Bonchev–Trinajstić information content (AvgIpc) is 0.811. The molecule has 0 aliphatic heterocycles. The Morgan fingerprint density at radius 2 is 1.43 bits per heavy atom. The van der Waals surface area contributed by atoms with E-state index in [1.54, 1.807) is 0 Å². The Bertz CT molecular complexity index is 31.1. The van der Waals surface area contributed by atoms with Gasteiger partial charge in [0, 0.05) is 0 Å². The third kappa shape index (κ3) is 829. The smallest absolute Gasteiger partial charge is 0.870 e. The summed E-state index contributed by atoms with van der Waals surface area (Å²) in [5.74, 6) is 0. The normalized spacial score (nSPS) is 3.43. The monoisotopic (exact) mass is 234 g/mol. The van der Waals surface area contributed by atoms with E-state index in [2.05, 4.69) is 0 Å². The van der Waals surface area contributed by atoms with Crippen molar-refractivity contribution in [3.8, 4) is 0 Å². The van der Waals surface area contributed by atoms with Gasteiger partial charge in [0.1, 0.15) is 0 Å². The number of carboxylic acid groups (broad SMARTS) is 2. The summed E-state index contributed by atoms with van der Waals surface area (Å²) in [5, 5.41) is 15.3. The van der Waals surface area contributed by atoms with Crippen LogP contribution in [-0.4, -0.2) is 22.2 Å². The molecule has 0 saturated heterocycles. The molecule has 0 aromatic rings. The van der Waals surface area contributed by atoms with E-state index in [9.17, 15) is 0 Å². The first-order valence-electron chi connectivity index (χ1n) is 0.632. The second-order valence-corrected chi connectivity index (χ2v) is 0.266. The van der Waals surface area contributed by atoms with Crippen molar-refractivity contribution in [2.75, 3.05) is 0 Å². The van der Waals surface area contributed by atoms with Crippen molar-refractivity contribution in [1.29, 1.82) is 0 Å². The molecule has 7 heavy (non-hydrogen) atoms. The number of rotatable bonds is 0. The summed E-state index contributed by atoms with van der Waals surface area (Å²) in [6.07, 6.45) is -2.08. The predicted octanol–water partition coefficient (Wildman–Crippen LogP) is -1.47. The van der Waals surface area contributed by atoms with E-state index in [0.717, 1.165) is 0 Å². The predicted molar refractivity (Wildman–Crippen MR) is 11.9 cm³/mol. The van der Waals surface area contributed by atoms with Crippen LogP contribution in [0, 0.1) is 35.6 Å². The van der Waals surface area contributed by atoms with E-state index >= 15 is 0 Å². The minimum absolute atomic E-state index is 0. The first-order valence-corrected chi connectivity index (χ1v) is 0.632. The summed E-state index contributed by atoms with van der Waals surface area (Å²) >= 11 is 0. The molecule has 0 saturated carbocycles. The molecule has 6 heteroatoms. The van der Waals surface area contributed by atoms with Gasteiger partial charge in [-0.3, -0.25) is 0 Å². The Hall–Kier alpha value is 0.385. The van der Waals surface area contributed by atoms with Crippen LogP contribution in [0.15, 0.2) is 0 Å². The van der Waals surface area contributed by atoms with Crippen molar-refractivity contribution in [3.05, 3.63) is 0 Å². The Kier molecular flexibility index (Phi) is 60.7. The van der Waals surface area contributed by atoms with Gasteiger partial charge in [0.15, 0.2) is 0 Å². The van der Waals surface area contributed by atoms with Gasteiger partial charge in [-0.2, -0.15) is 0 Å². The van der Waals surface area contributed by atoms with Gasteiger partial charge in [-0.15, -0.1) is 0 Å². The molecule has 0 bridgehead atoms. The zero-order valence-electron chi connectivity index (χ0n) is 3.24. The molecule has 0 aliphatic carbocycles. The van der Waals surface area contributed by atoms with E-state index in [1.165, 1.54) is 0 Å². The fourth-order valence-corrected chi connectivity index (χ4v) is 0. The second-order valence-electron chi connectivity index (χ2n) is 0.266. The zero-order chi connectivity index (χ0) is 3.58. The van der Waals surface area contributed by atoms with Crippen LogP contribution in [0.4, 0.5) is 4.79 Å². The van der Waals surface area contributed by atoms with Crippen LogP contribution in [0.2, 0.25) is 0 Å². The quantitative estimate of drug-likeness (QED) is 0.548. The molecule has 0 aromatic carbocycles. The zero-order valence-corrected chi connectivity index (χ0v) is 6.86. The van der Waals surface area contributed by atoms with E-state index in [-0.39, 0.29) is 46.6 Å². The maximum atomic E-state index is 8.44. The van der Waals surface area contributed by atoms with Crippen LogP contribution >= 0.6 is 0 Å². The molecule has 0 unspecified atom stereocenters. The minimum atomic E-state index is -2.08. The van der Waals surface area contributed by atoms with E-state index < -0.39 is 6.16 Å². The summed E-state index contributed by atoms with van der Waals surface area (Å²) < 4.78 is 0. The van der Waals surface area contributed by atoms with Crippen molar-refractivity contribution < 1.29 is 61.6 Å². The van der Waals surface area contributed by atoms with E-state index in [0.29, 0.717) is 0 Å². The summed E-state index contributed by atoms with van der Waals surface area (Å²) in [7, 11) is 0. The SMILES string of the molecule is O=C([O-])O.[La+3].[OH-].[OH-]. The van der Waals surface area contributed by atoms with Crippen molar-refractivity contribution in [1.82, 2.24) is 0 Å². The summed E-state index contributed by atoms with van der Waals surface area (Å²) in [4.78, 5) is 8.44. The average molecular weight is 234 g/mol. The molecule has 0 amide bonds. The Labute approximate surface area is 67.6 Å². The van der Waals surface area contributed by atoms with Crippen LogP contribution in [0.25, 0.3) is 0 Å². The van der Waals surface area contributed by atoms with Gasteiger partial charge in [0.05, 0.1) is 0 Å². The molecule has 0 radical (unpaired) electrons. The van der Waals surface area contributed by atoms with Gasteiger partial charge in [-0.05, 0) is 0 Å². The van der Waals surface area contributed by atoms with Crippen LogP contribution in [0.1, 0.15) is 0 Å². The van der Waals surface area contributed by atoms with Crippen LogP contribution in [-0.2, 0) is 0 Å². The first kappa shape index (κ1) is 26.3. The second kappa shape index (κ2) is 16.2. The molecule has 3 N–H and O–H groups in total. The Balaban J connectivity index is -0.0000000150. The Morgan fingerprint density at radius 3 is 1.43 bits per heavy atom. The molecule has 0 aliphatic rings. The number of hydrogen-bond donors (Lipinski definition) is 1. The fourth-order valence-electron chi connectivity index (χ4n) is 0. The molecule has 5 nitrogen and oxygen atoms in total. The topological polar surface area (TPSA) is 120 Å². The summed E-state index contributed by atoms with van der Waals surface area (Å²) in [5.41, 5.74) is 0. The van der Waals surface area contributed by atoms with E-state index in [1.807, 2.05) is 0 Å². The van der Waals surface area contributed by atoms with Gasteiger partial charge in [0.2, 0.25) is 6.16 Å². The molecule has 0 fully saturated rings. The van der Waals surface area contributed by atoms with Gasteiger partial charge < -0.3 is 26.0 Å². The summed E-state index contributed by atoms with van der Waals surface area (Å²) in [6.45, 7) is 0. The van der Waals surface area contributed by atoms with Crippen LogP contribution < -0.4 is 5.11 Å². The van der Waals surface area contributed by atoms with Crippen LogP contribution in [0.5, 0.6) is 0 Å². The first-order chi connectivity index (χ1) is 1.73. The maximum Gasteiger partial charge on any atom is 3.00 e. The largest absolute Gasteiger partial charge is 3.00 e. The molecule has 0 aromatic heterocycles. The van der Waals surface area contributed by atoms with Gasteiger partial charge in [-0.25, -0.2) is 0 Å². The number of carbonyl (C=O) groups is 1. The minimum Gasteiger partial charge on any atom is -0.870 e. The van der Waals surface area contributed by atoms with E-state index in [4.69, 9.17) is 15.0 Å². The summed E-state index contributed by atoms with van der Waals surface area (Å²) in [6, 6.07) is 0. The van der Waals surface area contributed by atoms with Crippen molar-refractivity contribution >= 4 is 6.16 Å². The molecule has 0 rings (SSSR count). The maximum absolute atomic E-state index is 8.44. The molecule has 0 heterocycles. The van der Waals surface area contributed by atoms with Gasteiger partial charge in [-0.1, -0.05) is 0 Å². The molecule has 0 atom stereocenters. The third-order valence-electron chi connectivity index (χ3n) is 0. The van der Waals surface area contributed by atoms with Gasteiger partial charge >= 0.3 is 35.6 Å². The molecular formula is CH3LaO5. The fraction of sp³-hybridized carbons (Fsp3) is 0. The molecule has 0 spiro atoms.